The molecule has 1 rings (SSSR count). The molecule has 1 aromatic rings. The van der Waals surface area contributed by atoms with Crippen LogP contribution in [0, 0.1) is 0 Å². The Hall–Kier alpha value is -1.22. The first-order chi connectivity index (χ1) is 9.22. The van der Waals surface area contributed by atoms with Gasteiger partial charge in [-0.25, -0.2) is 4.39 Å². The standard InChI is InChI=1S/C17H25FO2/c1-16(2,18)11-12-20-17(3,4)10-9-14-5-7-15(13-19)8-6-14/h5-8,13H,9-12H2,1-4H3. The smallest absolute Gasteiger partial charge is 0.150 e. The van der Waals surface area contributed by atoms with Gasteiger partial charge in [-0.05, 0) is 46.1 Å². The van der Waals surface area contributed by atoms with Crippen molar-refractivity contribution in [3.05, 3.63) is 35.4 Å². The van der Waals surface area contributed by atoms with Crippen molar-refractivity contribution in [2.75, 3.05) is 6.61 Å². The van der Waals surface area contributed by atoms with Crippen LogP contribution in [0.25, 0.3) is 0 Å². The Bertz CT molecular complexity index is 416. The summed E-state index contributed by atoms with van der Waals surface area (Å²) in [4.78, 5) is 10.6. The SMILES string of the molecule is CC(C)(F)CCOC(C)(C)CCc1ccc(C=O)cc1. The zero-order chi connectivity index (χ0) is 15.2. The van der Waals surface area contributed by atoms with Crippen LogP contribution in [0.15, 0.2) is 24.3 Å². The van der Waals surface area contributed by atoms with Crippen molar-refractivity contribution in [2.45, 2.75) is 58.2 Å². The molecule has 0 unspecified atom stereocenters. The second-order valence-corrected chi connectivity index (χ2v) is 6.44. The molecule has 3 heteroatoms. The fourth-order valence-electron chi connectivity index (χ4n) is 1.85. The van der Waals surface area contributed by atoms with E-state index in [1.165, 1.54) is 5.56 Å². The van der Waals surface area contributed by atoms with E-state index in [2.05, 4.69) is 0 Å². The van der Waals surface area contributed by atoms with Crippen LogP contribution in [0.2, 0.25) is 0 Å². The highest BCUT2D eigenvalue weighted by atomic mass is 19.1. The Morgan fingerprint density at radius 3 is 2.20 bits per heavy atom. The van der Waals surface area contributed by atoms with Crippen LogP contribution in [-0.2, 0) is 11.2 Å². The average Bonchev–Trinajstić information content (AvgIpc) is 2.35. The van der Waals surface area contributed by atoms with Crippen LogP contribution in [0.3, 0.4) is 0 Å². The summed E-state index contributed by atoms with van der Waals surface area (Å²) in [6.07, 6.45) is 2.99. The third-order valence-electron chi connectivity index (χ3n) is 3.32. The lowest BCUT2D eigenvalue weighted by Crippen LogP contribution is -2.28. The average molecular weight is 280 g/mol. The molecule has 0 amide bonds. The highest BCUT2D eigenvalue weighted by molar-refractivity contribution is 5.74. The molecule has 2 nitrogen and oxygen atoms in total. The summed E-state index contributed by atoms with van der Waals surface area (Å²) in [6.45, 7) is 7.62. The van der Waals surface area contributed by atoms with Crippen LogP contribution >= 0.6 is 0 Å². The van der Waals surface area contributed by atoms with E-state index in [1.807, 2.05) is 38.1 Å². The third-order valence-corrected chi connectivity index (χ3v) is 3.32. The summed E-state index contributed by atoms with van der Waals surface area (Å²) in [7, 11) is 0. The van der Waals surface area contributed by atoms with Gasteiger partial charge in [0.25, 0.3) is 0 Å². The number of rotatable bonds is 8. The number of benzene rings is 1. The van der Waals surface area contributed by atoms with Gasteiger partial charge in [0.05, 0.1) is 12.2 Å². The monoisotopic (exact) mass is 280 g/mol. The van der Waals surface area contributed by atoms with Gasteiger partial charge >= 0.3 is 0 Å². The molecule has 0 atom stereocenters. The number of carbonyl (C=O) groups is 1. The molecule has 0 aliphatic heterocycles. The van der Waals surface area contributed by atoms with Gasteiger partial charge < -0.3 is 4.74 Å². The first-order valence-electron chi connectivity index (χ1n) is 7.09. The lowest BCUT2D eigenvalue weighted by atomic mass is 9.98. The van der Waals surface area contributed by atoms with E-state index in [0.29, 0.717) is 18.6 Å². The van der Waals surface area contributed by atoms with E-state index in [9.17, 15) is 9.18 Å². The molecule has 0 fully saturated rings. The molecule has 0 radical (unpaired) electrons. The molecule has 112 valence electrons. The highest BCUT2D eigenvalue weighted by Crippen LogP contribution is 2.21. The van der Waals surface area contributed by atoms with Crippen LogP contribution in [0.5, 0.6) is 0 Å². The highest BCUT2D eigenvalue weighted by Gasteiger charge is 2.21. The van der Waals surface area contributed by atoms with Crippen molar-refractivity contribution in [1.82, 2.24) is 0 Å². The molecule has 0 aliphatic carbocycles. The summed E-state index contributed by atoms with van der Waals surface area (Å²) in [5.74, 6) is 0. The predicted molar refractivity (Wildman–Crippen MR) is 80.0 cm³/mol. The van der Waals surface area contributed by atoms with Gasteiger partial charge in [-0.2, -0.15) is 0 Å². The van der Waals surface area contributed by atoms with Gasteiger partial charge in [0.15, 0.2) is 0 Å². The van der Waals surface area contributed by atoms with Crippen molar-refractivity contribution < 1.29 is 13.9 Å². The number of hydrogen-bond acceptors (Lipinski definition) is 2. The van der Waals surface area contributed by atoms with Crippen LogP contribution in [0.4, 0.5) is 4.39 Å². The molecule has 20 heavy (non-hydrogen) atoms. The number of hydrogen-bond donors (Lipinski definition) is 0. The van der Waals surface area contributed by atoms with Gasteiger partial charge in [0.2, 0.25) is 0 Å². The summed E-state index contributed by atoms with van der Waals surface area (Å²) in [5, 5.41) is 0. The molecule has 0 heterocycles. The maximum atomic E-state index is 13.4. The number of ether oxygens (including phenoxy) is 1. The molecule has 0 aromatic heterocycles. The minimum Gasteiger partial charge on any atom is -0.375 e. The largest absolute Gasteiger partial charge is 0.375 e. The third kappa shape index (κ3) is 6.80. The molecule has 0 aliphatic rings. The second-order valence-electron chi connectivity index (χ2n) is 6.44. The van der Waals surface area contributed by atoms with E-state index < -0.39 is 5.67 Å². The number of alkyl halides is 1. The number of aldehydes is 1. The van der Waals surface area contributed by atoms with Crippen molar-refractivity contribution in [2.24, 2.45) is 0 Å². The van der Waals surface area contributed by atoms with Crippen molar-refractivity contribution in [1.29, 1.82) is 0 Å². The number of carbonyl (C=O) groups excluding carboxylic acids is 1. The summed E-state index contributed by atoms with van der Waals surface area (Å²) in [5.41, 5.74) is 0.419. The zero-order valence-corrected chi connectivity index (χ0v) is 12.9. The normalized spacial score (nSPS) is 12.4. The van der Waals surface area contributed by atoms with E-state index in [-0.39, 0.29) is 5.60 Å². The van der Waals surface area contributed by atoms with Crippen molar-refractivity contribution in [3.63, 3.8) is 0 Å². The Morgan fingerprint density at radius 2 is 1.70 bits per heavy atom. The number of aryl methyl sites for hydroxylation is 1. The Kier molecular flexibility index (Phi) is 5.88. The summed E-state index contributed by atoms with van der Waals surface area (Å²) < 4.78 is 19.2. The van der Waals surface area contributed by atoms with E-state index >= 15 is 0 Å². The Morgan fingerprint density at radius 1 is 1.10 bits per heavy atom. The van der Waals surface area contributed by atoms with Gasteiger partial charge in [-0.3, -0.25) is 4.79 Å². The number of halogens is 1. The summed E-state index contributed by atoms with van der Waals surface area (Å²) >= 11 is 0. The van der Waals surface area contributed by atoms with E-state index in [0.717, 1.165) is 19.1 Å². The van der Waals surface area contributed by atoms with Crippen LogP contribution in [-0.4, -0.2) is 24.2 Å². The van der Waals surface area contributed by atoms with Crippen LogP contribution in [0.1, 0.15) is 56.5 Å². The first kappa shape index (κ1) is 16.8. The maximum absolute atomic E-state index is 13.4. The fraction of sp³-hybridized carbons (Fsp3) is 0.588. The fourth-order valence-corrected chi connectivity index (χ4v) is 1.85. The molecule has 0 N–H and O–H groups in total. The molecular weight excluding hydrogens is 255 g/mol. The molecule has 0 saturated heterocycles. The minimum absolute atomic E-state index is 0.269. The topological polar surface area (TPSA) is 26.3 Å². The Labute approximate surface area is 121 Å². The van der Waals surface area contributed by atoms with Gasteiger partial charge in [0, 0.05) is 12.0 Å². The second kappa shape index (κ2) is 6.98. The van der Waals surface area contributed by atoms with Crippen molar-refractivity contribution >= 4 is 6.29 Å². The molecule has 1 aromatic carbocycles. The molecule has 0 bridgehead atoms. The van der Waals surface area contributed by atoms with Crippen molar-refractivity contribution in [3.8, 4) is 0 Å². The van der Waals surface area contributed by atoms with Gasteiger partial charge in [-0.1, -0.05) is 24.3 Å². The van der Waals surface area contributed by atoms with E-state index in [1.54, 1.807) is 13.8 Å². The quantitative estimate of drug-likeness (QED) is 0.661. The molecule has 0 spiro atoms. The summed E-state index contributed by atoms with van der Waals surface area (Å²) in [6, 6.07) is 7.57. The van der Waals surface area contributed by atoms with E-state index in [4.69, 9.17) is 4.74 Å². The lowest BCUT2D eigenvalue weighted by molar-refractivity contribution is -0.0370. The Balaban J connectivity index is 2.39. The molecular formula is C17H25FO2. The predicted octanol–water partition coefficient (Wildman–Crippen LogP) is 4.37. The molecule has 0 saturated carbocycles. The maximum Gasteiger partial charge on any atom is 0.150 e. The zero-order valence-electron chi connectivity index (χ0n) is 12.9. The minimum atomic E-state index is -1.18. The lowest BCUT2D eigenvalue weighted by Gasteiger charge is -2.27. The van der Waals surface area contributed by atoms with Gasteiger partial charge in [-0.15, -0.1) is 0 Å². The van der Waals surface area contributed by atoms with Crippen LogP contribution < -0.4 is 0 Å². The first-order valence-corrected chi connectivity index (χ1v) is 7.09. The van der Waals surface area contributed by atoms with Gasteiger partial charge in [0.1, 0.15) is 12.0 Å².